The highest BCUT2D eigenvalue weighted by Gasteiger charge is 2.60. The Labute approximate surface area is 295 Å². The third-order valence-corrected chi connectivity index (χ3v) is 29.2. The average molecular weight is 743 g/mol. The van der Waals surface area contributed by atoms with Crippen LogP contribution in [0, 0.1) is 0 Å². The molecule has 0 bridgehead atoms. The molecular weight excluding hydrogens is 665 g/mol. The molecule has 284 valence electrons. The Balaban J connectivity index is 7.42. The summed E-state index contributed by atoms with van der Waals surface area (Å²) in [6, 6.07) is 2.79. The van der Waals surface area contributed by atoms with Gasteiger partial charge in [-0.3, -0.25) is 0 Å². The molecule has 0 amide bonds. The van der Waals surface area contributed by atoms with Crippen molar-refractivity contribution in [2.45, 2.75) is 182 Å². The standard InChI is InChI=1S/C34H78O9Si4/c1-27(2)37-19-23-44(35-17,31(9)10)41-46(33(13)14,25-21-39-29(5)6)43-47(34(15)16,26-22-40-30(7)8)42-45(36-18,32(11)12)24-20-38-28(3)4/h27-34H,19-26H2,1-18H3. The molecule has 0 saturated heterocycles. The van der Waals surface area contributed by atoms with E-state index in [-0.39, 0.29) is 46.6 Å². The minimum Gasteiger partial charge on any atom is -0.415 e. The molecule has 0 radical (unpaired) electrons. The molecule has 4 atom stereocenters. The Hall–Kier alpha value is 0.508. The molecule has 0 N–H and O–H groups in total. The van der Waals surface area contributed by atoms with E-state index in [1.54, 1.807) is 0 Å². The van der Waals surface area contributed by atoms with E-state index in [9.17, 15) is 0 Å². The summed E-state index contributed by atoms with van der Waals surface area (Å²) >= 11 is 0. The third kappa shape index (κ3) is 15.7. The highest BCUT2D eigenvalue weighted by atomic mass is 28.5. The Bertz CT molecular complexity index is 754. The Morgan fingerprint density at radius 3 is 0.681 bits per heavy atom. The van der Waals surface area contributed by atoms with E-state index >= 15 is 0 Å². The van der Waals surface area contributed by atoms with Crippen molar-refractivity contribution in [3.63, 3.8) is 0 Å². The zero-order valence-electron chi connectivity index (χ0n) is 33.9. The number of rotatable bonds is 28. The quantitative estimate of drug-likeness (QED) is 0.0729. The maximum absolute atomic E-state index is 7.88. The van der Waals surface area contributed by atoms with Gasteiger partial charge in [0.1, 0.15) is 0 Å². The van der Waals surface area contributed by atoms with E-state index in [0.717, 1.165) is 12.1 Å². The minimum atomic E-state index is -3.14. The van der Waals surface area contributed by atoms with Crippen LogP contribution in [-0.2, 0) is 40.1 Å². The molecule has 9 nitrogen and oxygen atoms in total. The van der Waals surface area contributed by atoms with Crippen LogP contribution in [0.1, 0.15) is 111 Å². The summed E-state index contributed by atoms with van der Waals surface area (Å²) in [5, 5.41) is 0. The van der Waals surface area contributed by atoms with Crippen molar-refractivity contribution in [2.75, 3.05) is 40.6 Å². The van der Waals surface area contributed by atoms with E-state index in [1.807, 2.05) is 14.2 Å². The molecule has 0 fully saturated rings. The van der Waals surface area contributed by atoms with Crippen molar-refractivity contribution in [1.82, 2.24) is 0 Å². The van der Waals surface area contributed by atoms with Crippen LogP contribution in [0.25, 0.3) is 0 Å². The van der Waals surface area contributed by atoms with Crippen LogP contribution in [0.15, 0.2) is 0 Å². The number of ether oxygens (including phenoxy) is 4. The van der Waals surface area contributed by atoms with Crippen LogP contribution in [0.2, 0.25) is 46.3 Å². The van der Waals surface area contributed by atoms with E-state index < -0.39 is 34.2 Å². The summed E-state index contributed by atoms with van der Waals surface area (Å²) < 4.78 is 60.8. The third-order valence-electron chi connectivity index (χ3n) is 8.85. The highest BCUT2D eigenvalue weighted by Crippen LogP contribution is 2.45. The molecular formula is C34H78O9Si4. The van der Waals surface area contributed by atoms with Gasteiger partial charge >= 0.3 is 34.2 Å². The molecule has 0 saturated carbocycles. The summed E-state index contributed by atoms with van der Waals surface area (Å²) in [5.41, 5.74) is 0.569. The van der Waals surface area contributed by atoms with E-state index in [2.05, 4.69) is 111 Å². The Morgan fingerprint density at radius 2 is 0.511 bits per heavy atom. The van der Waals surface area contributed by atoms with Gasteiger partial charge in [-0.05, 0) is 77.6 Å². The molecule has 4 unspecified atom stereocenters. The van der Waals surface area contributed by atoms with E-state index in [4.69, 9.17) is 40.1 Å². The Kier molecular flexibility index (Phi) is 22.7. The molecule has 0 aromatic rings. The lowest BCUT2D eigenvalue weighted by Gasteiger charge is -2.51. The lowest BCUT2D eigenvalue weighted by atomic mass is 10.5. The van der Waals surface area contributed by atoms with Gasteiger partial charge in [-0.1, -0.05) is 55.4 Å². The van der Waals surface area contributed by atoms with Crippen molar-refractivity contribution >= 4 is 34.2 Å². The van der Waals surface area contributed by atoms with E-state index in [0.29, 0.717) is 38.5 Å². The van der Waals surface area contributed by atoms with Crippen molar-refractivity contribution in [3.8, 4) is 0 Å². The van der Waals surface area contributed by atoms with Gasteiger partial charge in [0.25, 0.3) is 0 Å². The molecule has 13 heteroatoms. The number of hydrogen-bond donors (Lipinski definition) is 0. The molecule has 0 aromatic carbocycles. The zero-order chi connectivity index (χ0) is 36.6. The van der Waals surface area contributed by atoms with Gasteiger partial charge in [-0.2, -0.15) is 0 Å². The maximum Gasteiger partial charge on any atom is 0.334 e. The van der Waals surface area contributed by atoms with Gasteiger partial charge in [0.05, 0.1) is 24.4 Å². The van der Waals surface area contributed by atoms with Gasteiger partial charge < -0.3 is 40.1 Å². The second-order valence-electron chi connectivity index (χ2n) is 15.3. The summed E-state index contributed by atoms with van der Waals surface area (Å²) in [6.07, 6.45) is 0.459. The average Bonchev–Trinajstić information content (AvgIpc) is 2.94. The first kappa shape index (κ1) is 47.5. The van der Waals surface area contributed by atoms with Crippen LogP contribution in [0.5, 0.6) is 0 Å². The molecule has 0 heterocycles. The number of hydrogen-bond acceptors (Lipinski definition) is 9. The van der Waals surface area contributed by atoms with Gasteiger partial charge in [0, 0.05) is 64.8 Å². The van der Waals surface area contributed by atoms with Crippen LogP contribution >= 0.6 is 0 Å². The van der Waals surface area contributed by atoms with Gasteiger partial charge in [0.15, 0.2) is 0 Å². The van der Waals surface area contributed by atoms with E-state index in [1.165, 1.54) is 0 Å². The van der Waals surface area contributed by atoms with Crippen molar-refractivity contribution in [3.05, 3.63) is 0 Å². The molecule has 0 spiro atoms. The van der Waals surface area contributed by atoms with Gasteiger partial charge in [-0.25, -0.2) is 0 Å². The normalized spacial score (nSPS) is 18.3. The lowest BCUT2D eigenvalue weighted by Crippen LogP contribution is -2.67. The molecule has 0 aliphatic heterocycles. The fourth-order valence-electron chi connectivity index (χ4n) is 5.59. The van der Waals surface area contributed by atoms with Gasteiger partial charge in [-0.15, -0.1) is 0 Å². The smallest absolute Gasteiger partial charge is 0.334 e. The fourth-order valence-corrected chi connectivity index (χ4v) is 27.7. The largest absolute Gasteiger partial charge is 0.415 e. The molecule has 0 aliphatic rings. The summed E-state index contributed by atoms with van der Waals surface area (Å²) in [5.74, 6) is 0. The molecule has 0 rings (SSSR count). The SMILES string of the molecule is CO[Si](CCOC(C)C)(O[Si](CCOC(C)C)(O[Si](CCOC(C)C)(O[Si](CCOC(C)C)(OC)C(C)C)C(C)C)C(C)C)C(C)C. The van der Waals surface area contributed by atoms with Crippen molar-refractivity contribution in [1.29, 1.82) is 0 Å². The first-order valence-corrected chi connectivity index (χ1v) is 26.8. The predicted octanol–water partition coefficient (Wildman–Crippen LogP) is 9.44. The predicted molar refractivity (Wildman–Crippen MR) is 204 cm³/mol. The van der Waals surface area contributed by atoms with Crippen LogP contribution < -0.4 is 0 Å². The van der Waals surface area contributed by atoms with Crippen LogP contribution in [0.4, 0.5) is 0 Å². The van der Waals surface area contributed by atoms with Crippen LogP contribution in [0.3, 0.4) is 0 Å². The lowest BCUT2D eigenvalue weighted by molar-refractivity contribution is 0.0762. The maximum atomic E-state index is 7.88. The summed E-state index contributed by atoms with van der Waals surface area (Å²) in [6.45, 7) is 36.6. The van der Waals surface area contributed by atoms with Crippen molar-refractivity contribution in [2.24, 2.45) is 0 Å². The monoisotopic (exact) mass is 742 g/mol. The molecule has 0 aromatic heterocycles. The summed E-state index contributed by atoms with van der Waals surface area (Å²) in [4.78, 5) is 0. The fraction of sp³-hybridized carbons (Fsp3) is 1.00. The van der Waals surface area contributed by atoms with Gasteiger partial charge in [0.2, 0.25) is 0 Å². The second-order valence-corrected chi connectivity index (χ2v) is 31.6. The molecule has 47 heavy (non-hydrogen) atoms. The first-order valence-electron chi connectivity index (χ1n) is 18.4. The van der Waals surface area contributed by atoms with Crippen LogP contribution in [-0.4, -0.2) is 99.3 Å². The first-order chi connectivity index (χ1) is 21.7. The highest BCUT2D eigenvalue weighted by molar-refractivity contribution is 6.91. The minimum absolute atomic E-state index is 0.0982. The topological polar surface area (TPSA) is 83.1 Å². The zero-order valence-corrected chi connectivity index (χ0v) is 37.9. The van der Waals surface area contributed by atoms with Crippen molar-refractivity contribution < 1.29 is 40.1 Å². The second kappa shape index (κ2) is 22.4. The Morgan fingerprint density at radius 1 is 0.319 bits per heavy atom. The summed E-state index contributed by atoms with van der Waals surface area (Å²) in [7, 11) is -8.34. The molecule has 0 aliphatic carbocycles.